The Labute approximate surface area is 209 Å². The molecule has 0 saturated heterocycles. The predicted molar refractivity (Wildman–Crippen MR) is 118 cm³/mol. The van der Waals surface area contributed by atoms with Crippen LogP contribution in [0.5, 0.6) is 5.88 Å². The minimum absolute atomic E-state index is 0.147. The number of allylic oxidation sites excluding steroid dienone is 1. The molecule has 0 spiro atoms. The lowest BCUT2D eigenvalue weighted by molar-refractivity contribution is -0.295. The maximum Gasteiger partial charge on any atom is 0.426 e. The average molecular weight is 578 g/mol. The Hall–Kier alpha value is -2.93. The van der Waals surface area contributed by atoms with Gasteiger partial charge in [0.1, 0.15) is 11.3 Å². The molecular weight excluding hydrogens is 560 g/mol. The third-order valence-corrected chi connectivity index (χ3v) is 5.94. The van der Waals surface area contributed by atoms with Crippen LogP contribution in [0.25, 0.3) is 11.6 Å². The van der Waals surface area contributed by atoms with Crippen LogP contribution in [0.15, 0.2) is 57.4 Å². The Balaban J connectivity index is 1.83. The van der Waals surface area contributed by atoms with E-state index in [-0.39, 0.29) is 29.6 Å². The molecule has 3 heterocycles. The largest absolute Gasteiger partial charge is 0.477 e. The molecule has 192 valence electrons. The maximum atomic E-state index is 14.6. The van der Waals surface area contributed by atoms with Crippen molar-refractivity contribution in [2.75, 3.05) is 6.61 Å². The summed E-state index contributed by atoms with van der Waals surface area (Å²) in [6.07, 6.45) is -7.22. The van der Waals surface area contributed by atoms with Crippen LogP contribution < -0.4 is 4.74 Å². The molecule has 1 atom stereocenters. The summed E-state index contributed by atoms with van der Waals surface area (Å²) in [4.78, 5) is 3.85. The molecule has 0 fully saturated rings. The van der Waals surface area contributed by atoms with Crippen molar-refractivity contribution in [2.45, 2.75) is 43.8 Å². The molecule has 0 saturated carbocycles. The second-order valence-corrected chi connectivity index (χ2v) is 8.70. The van der Waals surface area contributed by atoms with Gasteiger partial charge in [-0.2, -0.15) is 26.3 Å². The number of hydrogen-bond acceptors (Lipinski definition) is 6. The van der Waals surface area contributed by atoms with Gasteiger partial charge in [0.2, 0.25) is 11.5 Å². The van der Waals surface area contributed by atoms with Crippen LogP contribution in [0.1, 0.15) is 36.3 Å². The third kappa shape index (κ3) is 5.41. The number of ether oxygens (including phenoxy) is 2. The molecule has 3 aromatic rings. The van der Waals surface area contributed by atoms with Crippen molar-refractivity contribution in [1.29, 1.82) is 0 Å². The first-order valence-corrected chi connectivity index (χ1v) is 11.4. The lowest BCUT2D eigenvalue weighted by Gasteiger charge is -2.31. The summed E-state index contributed by atoms with van der Waals surface area (Å²) < 4.78 is 100. The number of benzene rings is 1. The highest BCUT2D eigenvalue weighted by molar-refractivity contribution is 9.10. The van der Waals surface area contributed by atoms with Crippen LogP contribution in [0.3, 0.4) is 0 Å². The van der Waals surface area contributed by atoms with Crippen LogP contribution in [-0.2, 0) is 23.1 Å². The van der Waals surface area contributed by atoms with Gasteiger partial charge >= 0.3 is 12.4 Å². The van der Waals surface area contributed by atoms with Crippen molar-refractivity contribution >= 4 is 15.9 Å². The molecule has 6 nitrogen and oxygen atoms in total. The Morgan fingerprint density at radius 1 is 1.03 bits per heavy atom. The summed E-state index contributed by atoms with van der Waals surface area (Å²) in [5, 5.41) is 7.23. The van der Waals surface area contributed by atoms with Gasteiger partial charge in [-0.1, -0.05) is 42.5 Å². The fraction of sp³-hybridized carbons (Fsp3) is 0.348. The number of hydrogen-bond donors (Lipinski definition) is 0. The minimum Gasteiger partial charge on any atom is -0.477 e. The van der Waals surface area contributed by atoms with E-state index >= 15 is 0 Å². The lowest BCUT2D eigenvalue weighted by atomic mass is 9.97. The first kappa shape index (κ1) is 26.1. The summed E-state index contributed by atoms with van der Waals surface area (Å²) >= 11 is 2.97. The van der Waals surface area contributed by atoms with Crippen molar-refractivity contribution in [1.82, 2.24) is 15.2 Å². The smallest absolute Gasteiger partial charge is 0.426 e. The van der Waals surface area contributed by atoms with Crippen molar-refractivity contribution < 1.29 is 40.2 Å². The van der Waals surface area contributed by atoms with E-state index in [2.05, 4.69) is 31.1 Å². The van der Waals surface area contributed by atoms with Gasteiger partial charge < -0.3 is 13.9 Å². The molecule has 13 heteroatoms. The minimum atomic E-state index is -4.98. The number of halogens is 7. The summed E-state index contributed by atoms with van der Waals surface area (Å²) in [7, 11) is 0. The van der Waals surface area contributed by atoms with Gasteiger partial charge in [-0.25, -0.2) is 4.98 Å². The lowest BCUT2D eigenvalue weighted by Crippen LogP contribution is -2.45. The van der Waals surface area contributed by atoms with Crippen molar-refractivity contribution in [3.05, 3.63) is 70.0 Å². The SMILES string of the molecule is FC(F)(F)c1cc(Br)c2nc1OCCCC=CCC(OCc1ccccc1)(C(F)(F)F)c1nnc-2o1. The highest BCUT2D eigenvalue weighted by Gasteiger charge is 2.61. The molecule has 0 radical (unpaired) electrons. The van der Waals surface area contributed by atoms with Crippen LogP contribution >= 0.6 is 15.9 Å². The number of pyridine rings is 1. The predicted octanol–water partition coefficient (Wildman–Crippen LogP) is 7.01. The second kappa shape index (κ2) is 10.2. The summed E-state index contributed by atoms with van der Waals surface area (Å²) in [5.74, 6) is -2.18. The molecule has 0 aliphatic carbocycles. The van der Waals surface area contributed by atoms with Crippen molar-refractivity contribution in [3.63, 3.8) is 0 Å². The Kier molecular flexibility index (Phi) is 7.41. The quantitative estimate of drug-likeness (QED) is 0.246. The van der Waals surface area contributed by atoms with Crippen LogP contribution in [0.2, 0.25) is 0 Å². The summed E-state index contributed by atoms with van der Waals surface area (Å²) in [5.41, 5.74) is -3.98. The van der Waals surface area contributed by atoms with E-state index < -0.39 is 54.2 Å². The Morgan fingerprint density at radius 3 is 2.47 bits per heavy atom. The number of fused-ring (bicyclic) bond motifs is 5. The average Bonchev–Trinajstić information content (AvgIpc) is 3.30. The molecule has 1 aromatic carbocycles. The van der Waals surface area contributed by atoms with E-state index in [9.17, 15) is 26.3 Å². The van der Waals surface area contributed by atoms with E-state index in [1.807, 2.05) is 0 Å². The first-order chi connectivity index (χ1) is 17.0. The summed E-state index contributed by atoms with van der Waals surface area (Å²) in [6, 6.07) is 8.94. The van der Waals surface area contributed by atoms with Crippen LogP contribution in [0.4, 0.5) is 26.3 Å². The molecular formula is C23H18BrF6N3O3. The summed E-state index contributed by atoms with van der Waals surface area (Å²) in [6.45, 7) is -0.558. The van der Waals surface area contributed by atoms with Crippen molar-refractivity contribution in [2.24, 2.45) is 0 Å². The molecule has 4 rings (SSSR count). The molecule has 0 N–H and O–H groups in total. The molecule has 36 heavy (non-hydrogen) atoms. The van der Waals surface area contributed by atoms with Gasteiger partial charge in [0, 0.05) is 10.9 Å². The van der Waals surface area contributed by atoms with Crippen LogP contribution in [0, 0.1) is 0 Å². The van der Waals surface area contributed by atoms with Crippen LogP contribution in [-0.4, -0.2) is 28.0 Å². The number of rotatable bonds is 3. The monoisotopic (exact) mass is 577 g/mol. The van der Waals surface area contributed by atoms with Gasteiger partial charge in [-0.05, 0) is 40.4 Å². The van der Waals surface area contributed by atoms with Gasteiger partial charge in [0.15, 0.2) is 0 Å². The molecule has 1 aliphatic rings. The number of nitrogens with zero attached hydrogens (tertiary/aromatic N) is 3. The third-order valence-electron chi connectivity index (χ3n) is 5.33. The number of aromatic nitrogens is 3. The van der Waals surface area contributed by atoms with E-state index in [0.29, 0.717) is 11.6 Å². The Bertz CT molecular complexity index is 1230. The topological polar surface area (TPSA) is 70.3 Å². The fourth-order valence-electron chi connectivity index (χ4n) is 3.46. The van der Waals surface area contributed by atoms with E-state index in [1.165, 1.54) is 12.2 Å². The molecule has 0 amide bonds. The van der Waals surface area contributed by atoms with Gasteiger partial charge in [-0.3, -0.25) is 0 Å². The zero-order chi connectivity index (χ0) is 26.0. The first-order valence-electron chi connectivity index (χ1n) is 10.7. The standard InChI is InChI=1S/C23H18BrF6N3O3/c24-16-12-15(22(25,26)27)18-31-17(16)19-32-33-20(36-19)21(23(28,29)30,10-6-1-2-7-11-34-18)35-13-14-8-4-3-5-9-14/h1,3-6,8-9,12H,2,7,10-11,13H2. The van der Waals surface area contributed by atoms with E-state index in [0.717, 1.165) is 0 Å². The molecule has 1 unspecified atom stereocenters. The molecule has 1 aliphatic heterocycles. The normalized spacial score (nSPS) is 19.0. The fourth-order valence-corrected chi connectivity index (χ4v) is 3.95. The zero-order valence-electron chi connectivity index (χ0n) is 18.4. The van der Waals surface area contributed by atoms with Crippen molar-refractivity contribution in [3.8, 4) is 17.5 Å². The Morgan fingerprint density at radius 2 is 1.78 bits per heavy atom. The van der Waals surface area contributed by atoms with Gasteiger partial charge in [0.25, 0.3) is 11.8 Å². The second-order valence-electron chi connectivity index (χ2n) is 7.85. The van der Waals surface area contributed by atoms with E-state index in [1.54, 1.807) is 30.3 Å². The van der Waals surface area contributed by atoms with Gasteiger partial charge in [0.05, 0.1) is 13.2 Å². The van der Waals surface area contributed by atoms with Gasteiger partial charge in [-0.15, -0.1) is 10.2 Å². The number of alkyl halides is 6. The van der Waals surface area contributed by atoms with E-state index in [4.69, 9.17) is 13.9 Å². The zero-order valence-corrected chi connectivity index (χ0v) is 20.0. The maximum absolute atomic E-state index is 14.6. The highest BCUT2D eigenvalue weighted by atomic mass is 79.9. The molecule has 4 bridgehead atoms. The highest BCUT2D eigenvalue weighted by Crippen LogP contribution is 2.47. The molecule has 2 aromatic heterocycles.